The minimum atomic E-state index is -0.139. The lowest BCUT2D eigenvalue weighted by atomic mass is 9.90. The normalized spacial score (nSPS) is 19.3. The molecule has 1 aliphatic heterocycles. The Labute approximate surface area is 159 Å². The molecule has 0 bridgehead atoms. The third-order valence-electron chi connectivity index (χ3n) is 4.73. The summed E-state index contributed by atoms with van der Waals surface area (Å²) < 4.78 is 1.76. The lowest BCUT2D eigenvalue weighted by molar-refractivity contribution is -0.119. The second-order valence-electron chi connectivity index (χ2n) is 7.53. The number of nitrogens with zero attached hydrogens (tertiary/aromatic N) is 2. The maximum Gasteiger partial charge on any atom is 0.229 e. The minimum absolute atomic E-state index is 0.00173. The van der Waals surface area contributed by atoms with Crippen LogP contribution in [-0.2, 0) is 16.6 Å². The van der Waals surface area contributed by atoms with Gasteiger partial charge in [0, 0.05) is 50.0 Å². The van der Waals surface area contributed by atoms with Gasteiger partial charge in [-0.05, 0) is 35.7 Å². The van der Waals surface area contributed by atoms with Crippen LogP contribution in [0, 0.1) is 11.8 Å². The van der Waals surface area contributed by atoms with E-state index in [1.165, 1.54) is 0 Å². The lowest BCUT2D eigenvalue weighted by Crippen LogP contribution is -2.28. The molecule has 144 valence electrons. The van der Waals surface area contributed by atoms with Crippen molar-refractivity contribution in [3.63, 3.8) is 0 Å². The van der Waals surface area contributed by atoms with Crippen LogP contribution in [0.5, 0.6) is 0 Å². The van der Waals surface area contributed by atoms with E-state index < -0.39 is 0 Å². The second kappa shape index (κ2) is 8.35. The van der Waals surface area contributed by atoms with Gasteiger partial charge in [-0.2, -0.15) is 5.10 Å². The first-order chi connectivity index (χ1) is 12.9. The number of carbonyl (C=O) groups excluding carboxylic acids is 2. The van der Waals surface area contributed by atoms with Crippen molar-refractivity contribution in [3.8, 4) is 0 Å². The molecule has 0 spiro atoms. The first-order valence-electron chi connectivity index (χ1n) is 9.32. The minimum Gasteiger partial charge on any atom is -0.326 e. The predicted molar refractivity (Wildman–Crippen MR) is 105 cm³/mol. The average molecular weight is 369 g/mol. The van der Waals surface area contributed by atoms with Crippen molar-refractivity contribution >= 4 is 23.2 Å². The molecule has 0 unspecified atom stereocenters. The number of nitrogens with one attached hydrogen (secondary N) is 3. The Bertz CT molecular complexity index is 797. The van der Waals surface area contributed by atoms with Gasteiger partial charge in [-0.25, -0.2) is 0 Å². The molecule has 0 saturated carbocycles. The quantitative estimate of drug-likeness (QED) is 0.729. The molecular weight excluding hydrogens is 342 g/mol. The Morgan fingerprint density at radius 2 is 1.85 bits per heavy atom. The molecule has 1 aromatic carbocycles. The molecule has 1 saturated heterocycles. The zero-order chi connectivity index (χ0) is 19.4. The topological polar surface area (TPSA) is 88.1 Å². The molecule has 0 radical (unpaired) electrons. The van der Waals surface area contributed by atoms with Crippen molar-refractivity contribution in [1.82, 2.24) is 15.1 Å². The summed E-state index contributed by atoms with van der Waals surface area (Å²) in [5.41, 5.74) is 2.53. The molecule has 2 amide bonds. The van der Waals surface area contributed by atoms with Crippen LogP contribution in [0.1, 0.15) is 31.7 Å². The SMILES string of the molecule is CC(C)CC(=O)Nc1ccc(NC(=O)[C@H]2CNC[C@@H]2c2cnn(C)c2)cc1. The molecule has 2 heterocycles. The highest BCUT2D eigenvalue weighted by atomic mass is 16.2. The Hall–Kier alpha value is -2.67. The fourth-order valence-electron chi connectivity index (χ4n) is 3.39. The van der Waals surface area contributed by atoms with E-state index in [4.69, 9.17) is 0 Å². The van der Waals surface area contributed by atoms with Crippen LogP contribution in [0.15, 0.2) is 36.7 Å². The molecule has 0 aliphatic carbocycles. The van der Waals surface area contributed by atoms with Gasteiger partial charge in [-0.3, -0.25) is 14.3 Å². The van der Waals surface area contributed by atoms with Crippen molar-refractivity contribution < 1.29 is 9.59 Å². The molecule has 2 atom stereocenters. The highest BCUT2D eigenvalue weighted by Gasteiger charge is 2.34. The van der Waals surface area contributed by atoms with E-state index in [9.17, 15) is 9.59 Å². The van der Waals surface area contributed by atoms with Crippen LogP contribution in [-0.4, -0.2) is 34.7 Å². The predicted octanol–water partition coefficient (Wildman–Crippen LogP) is 2.35. The van der Waals surface area contributed by atoms with Crippen LogP contribution >= 0.6 is 0 Å². The Kier molecular flexibility index (Phi) is 5.91. The van der Waals surface area contributed by atoms with Gasteiger partial charge in [0.2, 0.25) is 11.8 Å². The second-order valence-corrected chi connectivity index (χ2v) is 7.53. The van der Waals surface area contributed by atoms with Crippen molar-refractivity contribution in [1.29, 1.82) is 0 Å². The van der Waals surface area contributed by atoms with Gasteiger partial charge in [0.1, 0.15) is 0 Å². The van der Waals surface area contributed by atoms with Gasteiger partial charge >= 0.3 is 0 Å². The summed E-state index contributed by atoms with van der Waals surface area (Å²) in [5, 5.41) is 13.4. The number of amides is 2. The summed E-state index contributed by atoms with van der Waals surface area (Å²) in [4.78, 5) is 24.6. The number of aryl methyl sites for hydroxylation is 1. The highest BCUT2D eigenvalue weighted by Crippen LogP contribution is 2.29. The first kappa shape index (κ1) is 19.1. The average Bonchev–Trinajstić information content (AvgIpc) is 3.24. The zero-order valence-corrected chi connectivity index (χ0v) is 16.0. The van der Waals surface area contributed by atoms with E-state index in [1.807, 2.05) is 45.4 Å². The van der Waals surface area contributed by atoms with Crippen LogP contribution in [0.4, 0.5) is 11.4 Å². The number of hydrogen-bond donors (Lipinski definition) is 3. The van der Waals surface area contributed by atoms with Gasteiger partial charge in [0.05, 0.1) is 12.1 Å². The first-order valence-corrected chi connectivity index (χ1v) is 9.32. The van der Waals surface area contributed by atoms with Crippen LogP contribution in [0.2, 0.25) is 0 Å². The number of benzene rings is 1. The van der Waals surface area contributed by atoms with Crippen molar-refractivity contribution in [2.45, 2.75) is 26.2 Å². The van der Waals surface area contributed by atoms with E-state index in [2.05, 4.69) is 21.0 Å². The Morgan fingerprint density at radius 3 is 2.44 bits per heavy atom. The fraction of sp³-hybridized carbons (Fsp3) is 0.450. The molecule has 1 aliphatic rings. The number of hydrogen-bond acceptors (Lipinski definition) is 4. The molecule has 1 fully saturated rings. The molecule has 7 nitrogen and oxygen atoms in total. The van der Waals surface area contributed by atoms with Crippen molar-refractivity contribution in [2.75, 3.05) is 23.7 Å². The maximum atomic E-state index is 12.7. The third-order valence-corrected chi connectivity index (χ3v) is 4.73. The number of rotatable bonds is 6. The number of aromatic nitrogens is 2. The van der Waals surface area contributed by atoms with Crippen molar-refractivity contribution in [3.05, 3.63) is 42.2 Å². The molecule has 3 rings (SSSR count). The van der Waals surface area contributed by atoms with Crippen molar-refractivity contribution in [2.24, 2.45) is 18.9 Å². The van der Waals surface area contributed by atoms with E-state index in [1.54, 1.807) is 16.8 Å². The van der Waals surface area contributed by atoms with Crippen LogP contribution in [0.25, 0.3) is 0 Å². The summed E-state index contributed by atoms with van der Waals surface area (Å²) >= 11 is 0. The van der Waals surface area contributed by atoms with Gasteiger partial charge in [-0.15, -0.1) is 0 Å². The summed E-state index contributed by atoms with van der Waals surface area (Å²) in [7, 11) is 1.88. The monoisotopic (exact) mass is 369 g/mol. The largest absolute Gasteiger partial charge is 0.326 e. The van der Waals surface area contributed by atoms with E-state index in [0.29, 0.717) is 18.9 Å². The number of carbonyl (C=O) groups is 2. The van der Waals surface area contributed by atoms with E-state index in [0.717, 1.165) is 23.5 Å². The molecule has 27 heavy (non-hydrogen) atoms. The van der Waals surface area contributed by atoms with Gasteiger partial charge in [-0.1, -0.05) is 13.8 Å². The van der Waals surface area contributed by atoms with Crippen LogP contribution in [0.3, 0.4) is 0 Å². The summed E-state index contributed by atoms with van der Waals surface area (Å²) in [6.45, 7) is 5.43. The fourth-order valence-corrected chi connectivity index (χ4v) is 3.39. The molecule has 2 aromatic rings. The van der Waals surface area contributed by atoms with E-state index >= 15 is 0 Å². The standard InChI is InChI=1S/C20H27N5O2/c1-13(2)8-19(26)23-15-4-6-16(7-5-15)24-20(27)18-11-21-10-17(18)14-9-22-25(3)12-14/h4-7,9,12-13,17-18,21H,8,10-11H2,1-3H3,(H,23,26)(H,24,27)/t17-,18+/m1/s1. The highest BCUT2D eigenvalue weighted by molar-refractivity contribution is 5.94. The zero-order valence-electron chi connectivity index (χ0n) is 16.0. The third kappa shape index (κ3) is 4.95. The molecular formula is C20H27N5O2. The lowest BCUT2D eigenvalue weighted by Gasteiger charge is -2.17. The molecule has 3 N–H and O–H groups in total. The maximum absolute atomic E-state index is 12.7. The van der Waals surface area contributed by atoms with E-state index in [-0.39, 0.29) is 23.7 Å². The van der Waals surface area contributed by atoms with Gasteiger partial charge in [0.15, 0.2) is 0 Å². The number of anilines is 2. The molecule has 7 heteroatoms. The Morgan fingerprint density at radius 1 is 1.19 bits per heavy atom. The van der Waals surface area contributed by atoms with Crippen LogP contribution < -0.4 is 16.0 Å². The summed E-state index contributed by atoms with van der Waals surface area (Å²) in [5.74, 6) is 0.285. The molecule has 1 aromatic heterocycles. The summed E-state index contributed by atoms with van der Waals surface area (Å²) in [6, 6.07) is 7.23. The van der Waals surface area contributed by atoms with Gasteiger partial charge < -0.3 is 16.0 Å². The summed E-state index contributed by atoms with van der Waals surface area (Å²) in [6.07, 6.45) is 4.28. The Balaban J connectivity index is 1.59. The van der Waals surface area contributed by atoms with Gasteiger partial charge in [0.25, 0.3) is 0 Å². The smallest absolute Gasteiger partial charge is 0.229 e.